The van der Waals surface area contributed by atoms with Crippen LogP contribution in [0.5, 0.6) is 0 Å². The summed E-state index contributed by atoms with van der Waals surface area (Å²) in [5.74, 6) is 0.0906. The number of hydrogen-bond donors (Lipinski definition) is 2. The molecular formula is C17H20N6O4S. The first kappa shape index (κ1) is 19.7. The van der Waals surface area contributed by atoms with Crippen LogP contribution in [0.3, 0.4) is 0 Å². The third-order valence-electron chi connectivity index (χ3n) is 3.53. The summed E-state index contributed by atoms with van der Waals surface area (Å²) >= 11 is 0. The van der Waals surface area contributed by atoms with Gasteiger partial charge in [0.05, 0.1) is 7.11 Å². The molecule has 0 saturated heterocycles. The molecule has 0 fully saturated rings. The van der Waals surface area contributed by atoms with Crippen LogP contribution >= 0.6 is 0 Å². The van der Waals surface area contributed by atoms with E-state index in [9.17, 15) is 13.2 Å². The van der Waals surface area contributed by atoms with Gasteiger partial charge >= 0.3 is 6.09 Å². The fourth-order valence-corrected chi connectivity index (χ4v) is 3.84. The largest absolute Gasteiger partial charge is 0.453 e. The number of carbonyl (C=O) groups excluding carboxylic acids is 1. The second kappa shape index (κ2) is 7.17. The molecule has 0 saturated carbocycles. The molecule has 0 spiro atoms. The number of hydrogen-bond acceptors (Lipinski definition) is 7. The lowest BCUT2D eigenvalue weighted by Crippen LogP contribution is -2.40. The predicted molar refractivity (Wildman–Crippen MR) is 102 cm³/mol. The number of anilines is 1. The van der Waals surface area contributed by atoms with Crippen LogP contribution in [-0.4, -0.2) is 46.7 Å². The first-order valence-electron chi connectivity index (χ1n) is 8.28. The van der Waals surface area contributed by atoms with Crippen molar-refractivity contribution in [2.24, 2.45) is 0 Å². The molecule has 0 atom stereocenters. The van der Waals surface area contributed by atoms with Crippen molar-refractivity contribution < 1.29 is 17.9 Å². The number of ether oxygens (including phenoxy) is 1. The third kappa shape index (κ3) is 4.43. The summed E-state index contributed by atoms with van der Waals surface area (Å²) in [7, 11) is -2.47. The quantitative estimate of drug-likeness (QED) is 0.681. The van der Waals surface area contributed by atoms with Gasteiger partial charge < -0.3 is 4.74 Å². The molecule has 0 aliphatic heterocycles. The molecule has 3 aromatic heterocycles. The summed E-state index contributed by atoms with van der Waals surface area (Å²) in [6.07, 6.45) is 3.84. The maximum atomic E-state index is 12.5. The minimum Gasteiger partial charge on any atom is -0.453 e. The van der Waals surface area contributed by atoms with E-state index in [-0.39, 0.29) is 10.8 Å². The van der Waals surface area contributed by atoms with Crippen molar-refractivity contribution in [3.63, 3.8) is 0 Å². The van der Waals surface area contributed by atoms with E-state index < -0.39 is 21.7 Å². The SMILES string of the molecule is COC(=O)Nc1nc2ccc(-c3cncc(S(=O)(=O)NC(C)(C)C)c3)cn2n1. The third-order valence-corrected chi connectivity index (χ3v) is 5.25. The second-order valence-electron chi connectivity index (χ2n) is 7.04. The van der Waals surface area contributed by atoms with Crippen molar-refractivity contribution in [1.29, 1.82) is 0 Å². The van der Waals surface area contributed by atoms with E-state index in [0.717, 1.165) is 0 Å². The monoisotopic (exact) mass is 404 g/mol. The average Bonchev–Trinajstić information content (AvgIpc) is 3.01. The smallest absolute Gasteiger partial charge is 0.413 e. The van der Waals surface area contributed by atoms with E-state index in [1.54, 1.807) is 45.3 Å². The van der Waals surface area contributed by atoms with Crippen LogP contribution in [0, 0.1) is 0 Å². The van der Waals surface area contributed by atoms with Crippen LogP contribution in [0.4, 0.5) is 10.7 Å². The van der Waals surface area contributed by atoms with Crippen LogP contribution < -0.4 is 10.0 Å². The number of amides is 1. The van der Waals surface area contributed by atoms with Crippen LogP contribution in [0.15, 0.2) is 41.7 Å². The van der Waals surface area contributed by atoms with Gasteiger partial charge in [-0.1, -0.05) is 0 Å². The molecule has 0 aliphatic rings. The fourth-order valence-electron chi connectivity index (χ4n) is 2.43. The van der Waals surface area contributed by atoms with Gasteiger partial charge in [0.15, 0.2) is 5.65 Å². The van der Waals surface area contributed by atoms with Crippen molar-refractivity contribution >= 4 is 27.7 Å². The lowest BCUT2D eigenvalue weighted by Gasteiger charge is -2.20. The second-order valence-corrected chi connectivity index (χ2v) is 8.72. The molecule has 0 radical (unpaired) electrons. The molecule has 10 nitrogen and oxygen atoms in total. The lowest BCUT2D eigenvalue weighted by molar-refractivity contribution is 0.186. The molecule has 0 bridgehead atoms. The summed E-state index contributed by atoms with van der Waals surface area (Å²) in [5.41, 5.74) is 1.16. The lowest BCUT2D eigenvalue weighted by atomic mass is 10.1. The Morgan fingerprint density at radius 1 is 1.18 bits per heavy atom. The Bertz CT molecular complexity index is 1130. The number of carbonyl (C=O) groups is 1. The normalized spacial score (nSPS) is 12.1. The zero-order chi connectivity index (χ0) is 20.5. The summed E-state index contributed by atoms with van der Waals surface area (Å²) < 4.78 is 33.7. The first-order chi connectivity index (χ1) is 13.1. The molecule has 3 aromatic rings. The predicted octanol–water partition coefficient (Wildman–Crippen LogP) is 2.05. The zero-order valence-corrected chi connectivity index (χ0v) is 16.6. The first-order valence-corrected chi connectivity index (χ1v) is 9.76. The Kier molecular flexibility index (Phi) is 5.04. The Balaban J connectivity index is 1.95. The van der Waals surface area contributed by atoms with Gasteiger partial charge in [0.2, 0.25) is 10.0 Å². The van der Waals surface area contributed by atoms with Gasteiger partial charge in [-0.25, -0.2) is 22.4 Å². The van der Waals surface area contributed by atoms with Crippen molar-refractivity contribution in [3.8, 4) is 11.1 Å². The Hall–Kier alpha value is -3.05. The van der Waals surface area contributed by atoms with Gasteiger partial charge in [-0.3, -0.25) is 10.3 Å². The maximum absolute atomic E-state index is 12.5. The number of nitrogens with zero attached hydrogens (tertiary/aromatic N) is 4. The number of sulfonamides is 1. The molecule has 11 heteroatoms. The molecule has 1 amide bonds. The van der Waals surface area contributed by atoms with Crippen molar-refractivity contribution in [3.05, 3.63) is 36.8 Å². The van der Waals surface area contributed by atoms with Gasteiger partial charge in [-0.2, -0.15) is 4.98 Å². The van der Waals surface area contributed by atoms with Crippen LogP contribution in [0.25, 0.3) is 16.8 Å². The van der Waals surface area contributed by atoms with Crippen LogP contribution in [0.1, 0.15) is 20.8 Å². The number of nitrogens with one attached hydrogen (secondary N) is 2. The fraction of sp³-hybridized carbons (Fsp3) is 0.294. The standard InChI is InChI=1S/C17H20N6O4S/c1-17(2,3)22-28(25,26)13-7-12(8-18-9-13)11-5-6-14-19-15(20-16(24)27-4)21-23(14)10-11/h5-10,22H,1-4H3,(H,20,21,24). The topological polar surface area (TPSA) is 128 Å². The number of pyridine rings is 2. The number of rotatable bonds is 4. The van der Waals surface area contributed by atoms with Crippen molar-refractivity contribution in [2.45, 2.75) is 31.2 Å². The summed E-state index contributed by atoms with van der Waals surface area (Å²) in [6.45, 7) is 5.29. The maximum Gasteiger partial charge on any atom is 0.413 e. The number of methoxy groups -OCH3 is 1. The highest BCUT2D eigenvalue weighted by Gasteiger charge is 2.22. The Morgan fingerprint density at radius 3 is 2.61 bits per heavy atom. The van der Waals surface area contributed by atoms with E-state index in [1.807, 2.05) is 0 Å². The molecule has 0 aliphatic carbocycles. The highest BCUT2D eigenvalue weighted by Crippen LogP contribution is 2.23. The molecular weight excluding hydrogens is 384 g/mol. The highest BCUT2D eigenvalue weighted by molar-refractivity contribution is 7.89. The number of fused-ring (bicyclic) bond motifs is 1. The van der Waals surface area contributed by atoms with Gasteiger partial charge in [-0.15, -0.1) is 5.10 Å². The highest BCUT2D eigenvalue weighted by atomic mass is 32.2. The summed E-state index contributed by atoms with van der Waals surface area (Å²) in [5, 5.41) is 6.54. The van der Waals surface area contributed by atoms with E-state index in [1.165, 1.54) is 23.9 Å². The summed E-state index contributed by atoms with van der Waals surface area (Å²) in [4.78, 5) is 19.6. The van der Waals surface area contributed by atoms with E-state index in [2.05, 4.69) is 29.8 Å². The van der Waals surface area contributed by atoms with E-state index in [4.69, 9.17) is 0 Å². The summed E-state index contributed by atoms with van der Waals surface area (Å²) in [6, 6.07) is 4.99. The molecule has 2 N–H and O–H groups in total. The minimum absolute atomic E-state index is 0.0617. The minimum atomic E-state index is -3.71. The van der Waals surface area contributed by atoms with Gasteiger partial charge in [0.25, 0.3) is 5.95 Å². The average molecular weight is 404 g/mol. The van der Waals surface area contributed by atoms with E-state index >= 15 is 0 Å². The Morgan fingerprint density at radius 2 is 1.93 bits per heavy atom. The van der Waals surface area contributed by atoms with E-state index in [0.29, 0.717) is 16.8 Å². The van der Waals surface area contributed by atoms with Crippen LogP contribution in [-0.2, 0) is 14.8 Å². The van der Waals surface area contributed by atoms with Crippen LogP contribution in [0.2, 0.25) is 0 Å². The molecule has 3 rings (SSSR count). The molecule has 28 heavy (non-hydrogen) atoms. The number of aromatic nitrogens is 4. The zero-order valence-electron chi connectivity index (χ0n) is 15.8. The molecule has 0 aromatic carbocycles. The van der Waals surface area contributed by atoms with Crippen molar-refractivity contribution in [1.82, 2.24) is 24.3 Å². The molecule has 3 heterocycles. The molecule has 0 unspecified atom stereocenters. The molecule has 148 valence electrons. The van der Waals surface area contributed by atoms with Gasteiger partial charge in [0.1, 0.15) is 4.90 Å². The van der Waals surface area contributed by atoms with Gasteiger partial charge in [-0.05, 0) is 39.0 Å². The van der Waals surface area contributed by atoms with Gasteiger partial charge in [0, 0.05) is 35.3 Å². The van der Waals surface area contributed by atoms with Crippen molar-refractivity contribution in [2.75, 3.05) is 12.4 Å². The Labute approximate surface area is 162 Å².